The summed E-state index contributed by atoms with van der Waals surface area (Å²) in [7, 11) is 0. The number of nitrogens with two attached hydrogens (primary N) is 1. The highest BCUT2D eigenvalue weighted by Crippen LogP contribution is 2.09. The average molecular weight is 244 g/mol. The van der Waals surface area contributed by atoms with Crippen molar-refractivity contribution in [2.24, 2.45) is 11.7 Å². The number of carbonyl (C=O) groups excluding carboxylic acids is 1. The van der Waals surface area contributed by atoms with E-state index in [1.54, 1.807) is 4.90 Å². The van der Waals surface area contributed by atoms with Gasteiger partial charge in [0.25, 0.3) is 0 Å². The van der Waals surface area contributed by atoms with Crippen LogP contribution < -0.4 is 5.73 Å². The van der Waals surface area contributed by atoms with Crippen molar-refractivity contribution < 1.29 is 14.7 Å². The molecule has 0 saturated heterocycles. The van der Waals surface area contributed by atoms with Crippen molar-refractivity contribution in [3.8, 4) is 0 Å². The van der Waals surface area contributed by atoms with Crippen LogP contribution >= 0.6 is 0 Å². The van der Waals surface area contributed by atoms with E-state index in [1.165, 1.54) is 0 Å². The first-order valence-electron chi connectivity index (χ1n) is 6.03. The van der Waals surface area contributed by atoms with Gasteiger partial charge in [-0.3, -0.25) is 9.59 Å². The summed E-state index contributed by atoms with van der Waals surface area (Å²) in [6, 6.07) is -0.564. The van der Waals surface area contributed by atoms with Crippen molar-refractivity contribution in [1.82, 2.24) is 4.90 Å². The van der Waals surface area contributed by atoms with Crippen LogP contribution in [0.3, 0.4) is 0 Å². The Morgan fingerprint density at radius 1 is 1.24 bits per heavy atom. The SMILES string of the molecule is CC(C)C[C@@H](N)C(=O)N(CCC(=O)O)C(C)C. The van der Waals surface area contributed by atoms with Crippen LogP contribution in [0.1, 0.15) is 40.5 Å². The lowest BCUT2D eigenvalue weighted by atomic mass is 10.0. The highest BCUT2D eigenvalue weighted by Gasteiger charge is 2.24. The smallest absolute Gasteiger partial charge is 0.305 e. The topological polar surface area (TPSA) is 83.6 Å². The van der Waals surface area contributed by atoms with Crippen molar-refractivity contribution in [3.63, 3.8) is 0 Å². The van der Waals surface area contributed by atoms with Crippen LogP contribution in [0.4, 0.5) is 0 Å². The van der Waals surface area contributed by atoms with Gasteiger partial charge in [-0.1, -0.05) is 13.8 Å². The molecule has 3 N–H and O–H groups in total. The maximum atomic E-state index is 12.0. The third-order valence-electron chi connectivity index (χ3n) is 2.52. The fraction of sp³-hybridized carbons (Fsp3) is 0.833. The molecule has 0 radical (unpaired) electrons. The number of nitrogens with zero attached hydrogens (tertiary/aromatic N) is 1. The summed E-state index contributed by atoms with van der Waals surface area (Å²) in [6.45, 7) is 7.95. The lowest BCUT2D eigenvalue weighted by molar-refractivity contribution is -0.139. The van der Waals surface area contributed by atoms with Crippen LogP contribution in [-0.2, 0) is 9.59 Å². The monoisotopic (exact) mass is 244 g/mol. The van der Waals surface area contributed by atoms with E-state index in [4.69, 9.17) is 10.8 Å². The van der Waals surface area contributed by atoms with Crippen LogP contribution in [0.5, 0.6) is 0 Å². The summed E-state index contributed by atoms with van der Waals surface area (Å²) in [5, 5.41) is 8.64. The second-order valence-corrected chi connectivity index (χ2v) is 5.01. The van der Waals surface area contributed by atoms with Gasteiger partial charge in [0.15, 0.2) is 0 Å². The predicted molar refractivity (Wildman–Crippen MR) is 66.5 cm³/mol. The maximum absolute atomic E-state index is 12.0. The van der Waals surface area contributed by atoms with Gasteiger partial charge in [-0.25, -0.2) is 0 Å². The van der Waals surface area contributed by atoms with Crippen LogP contribution in [-0.4, -0.2) is 40.5 Å². The number of rotatable bonds is 7. The molecule has 5 nitrogen and oxygen atoms in total. The van der Waals surface area contributed by atoms with E-state index in [0.29, 0.717) is 12.3 Å². The second kappa shape index (κ2) is 7.27. The van der Waals surface area contributed by atoms with Crippen LogP contribution in [0.25, 0.3) is 0 Å². The first-order valence-corrected chi connectivity index (χ1v) is 6.03. The van der Waals surface area contributed by atoms with Crippen molar-refractivity contribution in [2.75, 3.05) is 6.54 Å². The summed E-state index contributed by atoms with van der Waals surface area (Å²) in [4.78, 5) is 24.1. The fourth-order valence-electron chi connectivity index (χ4n) is 1.66. The van der Waals surface area contributed by atoms with E-state index in [2.05, 4.69) is 0 Å². The van der Waals surface area contributed by atoms with Gasteiger partial charge in [0.2, 0.25) is 5.91 Å². The summed E-state index contributed by atoms with van der Waals surface area (Å²) in [6.07, 6.45) is 0.577. The fourth-order valence-corrected chi connectivity index (χ4v) is 1.66. The number of hydrogen-bond donors (Lipinski definition) is 2. The number of carbonyl (C=O) groups is 2. The molecule has 0 rings (SSSR count). The van der Waals surface area contributed by atoms with Gasteiger partial charge in [0.05, 0.1) is 12.5 Å². The number of hydrogen-bond acceptors (Lipinski definition) is 3. The molecule has 0 aliphatic heterocycles. The van der Waals surface area contributed by atoms with Crippen molar-refractivity contribution in [1.29, 1.82) is 0 Å². The molecule has 0 spiro atoms. The quantitative estimate of drug-likeness (QED) is 0.701. The van der Waals surface area contributed by atoms with Gasteiger partial charge in [0.1, 0.15) is 0 Å². The van der Waals surface area contributed by atoms with Gasteiger partial charge >= 0.3 is 5.97 Å². The Labute approximate surface area is 103 Å². The Balaban J connectivity index is 4.48. The summed E-state index contributed by atoms with van der Waals surface area (Å²) in [5.41, 5.74) is 5.82. The number of carboxylic acid groups (broad SMARTS) is 1. The molecule has 0 aromatic heterocycles. The van der Waals surface area contributed by atoms with Gasteiger partial charge in [0, 0.05) is 12.6 Å². The zero-order valence-electron chi connectivity index (χ0n) is 11.1. The molecule has 1 amide bonds. The van der Waals surface area contributed by atoms with E-state index in [1.807, 2.05) is 27.7 Å². The van der Waals surface area contributed by atoms with Crippen LogP contribution in [0, 0.1) is 5.92 Å². The van der Waals surface area contributed by atoms with Crippen LogP contribution in [0.2, 0.25) is 0 Å². The third-order valence-corrected chi connectivity index (χ3v) is 2.52. The van der Waals surface area contributed by atoms with E-state index < -0.39 is 12.0 Å². The minimum absolute atomic E-state index is 0.0277. The standard InChI is InChI=1S/C12H24N2O3/c1-8(2)7-10(13)12(17)14(9(3)4)6-5-11(15)16/h8-10H,5-7,13H2,1-4H3,(H,15,16)/t10-/m1/s1. The van der Waals surface area contributed by atoms with E-state index in [-0.39, 0.29) is 24.9 Å². The molecule has 0 fully saturated rings. The number of aliphatic carboxylic acids is 1. The average Bonchev–Trinajstić information content (AvgIpc) is 2.15. The van der Waals surface area contributed by atoms with Gasteiger partial charge in [-0.05, 0) is 26.2 Å². The second-order valence-electron chi connectivity index (χ2n) is 5.01. The van der Waals surface area contributed by atoms with E-state index >= 15 is 0 Å². The lowest BCUT2D eigenvalue weighted by Gasteiger charge is -2.29. The molecule has 0 unspecified atom stereocenters. The zero-order chi connectivity index (χ0) is 13.6. The molecule has 0 aliphatic carbocycles. The number of amides is 1. The van der Waals surface area contributed by atoms with Crippen molar-refractivity contribution >= 4 is 11.9 Å². The molecular formula is C12H24N2O3. The van der Waals surface area contributed by atoms with Crippen LogP contribution in [0.15, 0.2) is 0 Å². The summed E-state index contributed by atoms with van der Waals surface area (Å²) < 4.78 is 0. The Kier molecular flexibility index (Phi) is 6.80. The van der Waals surface area contributed by atoms with E-state index in [0.717, 1.165) is 0 Å². The molecule has 0 heterocycles. The first kappa shape index (κ1) is 15.9. The van der Waals surface area contributed by atoms with Gasteiger partial charge < -0.3 is 15.7 Å². The Morgan fingerprint density at radius 3 is 2.12 bits per heavy atom. The number of carboxylic acids is 1. The molecule has 1 atom stereocenters. The predicted octanol–water partition coefficient (Wildman–Crippen LogP) is 1.07. The van der Waals surface area contributed by atoms with Gasteiger partial charge in [-0.2, -0.15) is 0 Å². The highest BCUT2D eigenvalue weighted by molar-refractivity contribution is 5.82. The molecule has 0 aliphatic rings. The summed E-state index contributed by atoms with van der Waals surface area (Å²) >= 11 is 0. The molecule has 0 aromatic carbocycles. The van der Waals surface area contributed by atoms with Crippen molar-refractivity contribution in [2.45, 2.75) is 52.6 Å². The molecule has 100 valence electrons. The molecule has 0 saturated carbocycles. The molecule has 5 heteroatoms. The minimum atomic E-state index is -0.902. The zero-order valence-corrected chi connectivity index (χ0v) is 11.1. The molecule has 0 aromatic rings. The van der Waals surface area contributed by atoms with E-state index in [9.17, 15) is 9.59 Å². The third kappa shape index (κ3) is 6.26. The largest absolute Gasteiger partial charge is 0.481 e. The normalized spacial score (nSPS) is 12.9. The molecule has 17 heavy (non-hydrogen) atoms. The van der Waals surface area contributed by atoms with Crippen molar-refractivity contribution in [3.05, 3.63) is 0 Å². The Morgan fingerprint density at radius 2 is 1.76 bits per heavy atom. The first-order chi connectivity index (χ1) is 7.75. The Bertz CT molecular complexity index is 264. The summed E-state index contributed by atoms with van der Waals surface area (Å²) in [5.74, 6) is -0.710. The highest BCUT2D eigenvalue weighted by atomic mass is 16.4. The molecular weight excluding hydrogens is 220 g/mol. The minimum Gasteiger partial charge on any atom is -0.481 e. The molecule has 0 bridgehead atoms. The van der Waals surface area contributed by atoms with Gasteiger partial charge in [-0.15, -0.1) is 0 Å². The Hall–Kier alpha value is -1.10. The lowest BCUT2D eigenvalue weighted by Crippen LogP contribution is -2.48. The maximum Gasteiger partial charge on any atom is 0.305 e.